The molecule has 0 aliphatic carbocycles. The first-order chi connectivity index (χ1) is 17.1. The first-order valence-electron chi connectivity index (χ1n) is 11.5. The number of nitrogens with one attached hydrogen (secondary N) is 1. The quantitative estimate of drug-likeness (QED) is 0.272. The van der Waals surface area contributed by atoms with Crippen LogP contribution in [-0.2, 0) is 11.2 Å². The Morgan fingerprint density at radius 3 is 2.49 bits per heavy atom. The van der Waals surface area contributed by atoms with Crippen molar-refractivity contribution in [2.45, 2.75) is 25.4 Å². The SMILES string of the molecule is CCc1ccc(N2C(=S)NC(c3ccccn3)C2c2ccc(-c3ccc(C(=O)OC)cc3)o2)cc1. The minimum Gasteiger partial charge on any atom is -0.465 e. The fourth-order valence-corrected chi connectivity index (χ4v) is 4.72. The van der Waals surface area contributed by atoms with E-state index in [2.05, 4.69) is 46.4 Å². The smallest absolute Gasteiger partial charge is 0.337 e. The zero-order valence-electron chi connectivity index (χ0n) is 19.5. The Morgan fingerprint density at radius 2 is 1.83 bits per heavy atom. The monoisotopic (exact) mass is 483 g/mol. The maximum Gasteiger partial charge on any atom is 0.337 e. The summed E-state index contributed by atoms with van der Waals surface area (Å²) in [5.74, 6) is 1.10. The molecule has 0 amide bonds. The van der Waals surface area contributed by atoms with Crippen LogP contribution < -0.4 is 10.2 Å². The highest BCUT2D eigenvalue weighted by molar-refractivity contribution is 7.80. The Labute approximate surface area is 209 Å². The number of carbonyl (C=O) groups excluding carboxylic acids is 1. The van der Waals surface area contributed by atoms with Gasteiger partial charge in [-0.3, -0.25) is 4.98 Å². The number of rotatable bonds is 6. The van der Waals surface area contributed by atoms with Gasteiger partial charge >= 0.3 is 5.97 Å². The van der Waals surface area contributed by atoms with Gasteiger partial charge in [-0.1, -0.05) is 37.3 Å². The summed E-state index contributed by atoms with van der Waals surface area (Å²) >= 11 is 5.79. The van der Waals surface area contributed by atoms with Crippen LogP contribution in [0.5, 0.6) is 0 Å². The molecule has 1 N–H and O–H groups in total. The van der Waals surface area contributed by atoms with Crippen molar-refractivity contribution in [1.82, 2.24) is 10.3 Å². The largest absolute Gasteiger partial charge is 0.465 e. The van der Waals surface area contributed by atoms with Gasteiger partial charge in [-0.15, -0.1) is 0 Å². The van der Waals surface area contributed by atoms with Crippen LogP contribution in [0.2, 0.25) is 0 Å². The molecular formula is C28H25N3O3S. The Kier molecular flexibility index (Phi) is 6.33. The number of methoxy groups -OCH3 is 1. The third kappa shape index (κ3) is 4.42. The van der Waals surface area contributed by atoms with Crippen molar-refractivity contribution in [2.24, 2.45) is 0 Å². The zero-order valence-corrected chi connectivity index (χ0v) is 20.3. The van der Waals surface area contributed by atoms with Crippen molar-refractivity contribution in [3.05, 3.63) is 108 Å². The van der Waals surface area contributed by atoms with E-state index in [1.54, 1.807) is 18.3 Å². The third-order valence-corrected chi connectivity index (χ3v) is 6.54. The summed E-state index contributed by atoms with van der Waals surface area (Å²) in [6, 6.07) is 25.0. The van der Waals surface area contributed by atoms with Crippen LogP contribution in [0.25, 0.3) is 11.3 Å². The summed E-state index contributed by atoms with van der Waals surface area (Å²) in [5, 5.41) is 4.08. The first-order valence-corrected chi connectivity index (χ1v) is 11.9. The normalized spacial score (nSPS) is 17.3. The predicted octanol–water partition coefficient (Wildman–Crippen LogP) is 5.87. The zero-order chi connectivity index (χ0) is 24.4. The Hall–Kier alpha value is -3.97. The number of esters is 1. The number of pyridine rings is 1. The molecule has 176 valence electrons. The molecule has 4 aromatic rings. The Bertz CT molecular complexity index is 1330. The number of hydrogen-bond donors (Lipinski definition) is 1. The van der Waals surface area contributed by atoms with Gasteiger partial charge in [-0.25, -0.2) is 4.79 Å². The minimum atomic E-state index is -0.370. The summed E-state index contributed by atoms with van der Waals surface area (Å²) in [6.07, 6.45) is 2.76. The molecule has 1 aliphatic rings. The van der Waals surface area contributed by atoms with Crippen LogP contribution in [0.4, 0.5) is 5.69 Å². The van der Waals surface area contributed by atoms with Crippen LogP contribution in [0.3, 0.4) is 0 Å². The summed E-state index contributed by atoms with van der Waals surface area (Å²) in [7, 11) is 1.37. The van der Waals surface area contributed by atoms with Crippen molar-refractivity contribution in [2.75, 3.05) is 12.0 Å². The molecule has 3 heterocycles. The number of ether oxygens (including phenoxy) is 1. The van der Waals surface area contributed by atoms with E-state index < -0.39 is 0 Å². The molecule has 0 bridgehead atoms. The molecule has 1 aliphatic heterocycles. The molecule has 35 heavy (non-hydrogen) atoms. The van der Waals surface area contributed by atoms with Gasteiger partial charge in [0, 0.05) is 17.4 Å². The van der Waals surface area contributed by atoms with Crippen molar-refractivity contribution < 1.29 is 13.9 Å². The van der Waals surface area contributed by atoms with Crippen LogP contribution in [0, 0.1) is 0 Å². The number of anilines is 1. The van der Waals surface area contributed by atoms with E-state index in [1.807, 2.05) is 42.5 Å². The highest BCUT2D eigenvalue weighted by Gasteiger charge is 2.42. The molecule has 0 saturated carbocycles. The van der Waals surface area contributed by atoms with Crippen molar-refractivity contribution in [3.63, 3.8) is 0 Å². The van der Waals surface area contributed by atoms with Gasteiger partial charge in [0.15, 0.2) is 5.11 Å². The highest BCUT2D eigenvalue weighted by Crippen LogP contribution is 2.43. The number of carbonyl (C=O) groups is 1. The van der Waals surface area contributed by atoms with E-state index in [0.717, 1.165) is 29.1 Å². The molecule has 0 radical (unpaired) electrons. The highest BCUT2D eigenvalue weighted by atomic mass is 32.1. The molecule has 2 unspecified atom stereocenters. The lowest BCUT2D eigenvalue weighted by Crippen LogP contribution is -2.29. The lowest BCUT2D eigenvalue weighted by Gasteiger charge is -2.26. The summed E-state index contributed by atoms with van der Waals surface area (Å²) in [4.78, 5) is 18.5. The average molecular weight is 484 g/mol. The van der Waals surface area contributed by atoms with Crippen LogP contribution in [-0.4, -0.2) is 23.2 Å². The fourth-order valence-electron chi connectivity index (χ4n) is 4.37. The number of nitrogens with zero attached hydrogens (tertiary/aromatic N) is 2. The van der Waals surface area contributed by atoms with Gasteiger partial charge < -0.3 is 19.4 Å². The summed E-state index contributed by atoms with van der Waals surface area (Å²) in [5.41, 5.74) is 4.49. The second-order valence-corrected chi connectivity index (χ2v) is 8.67. The van der Waals surface area contributed by atoms with Crippen molar-refractivity contribution in [1.29, 1.82) is 0 Å². The summed E-state index contributed by atoms with van der Waals surface area (Å²) < 4.78 is 11.2. The number of aryl methyl sites for hydroxylation is 1. The Balaban J connectivity index is 1.53. The number of aromatic nitrogens is 1. The number of benzene rings is 2. The van der Waals surface area contributed by atoms with Gasteiger partial charge in [0.25, 0.3) is 0 Å². The van der Waals surface area contributed by atoms with Gasteiger partial charge in [0.1, 0.15) is 17.6 Å². The molecule has 6 nitrogen and oxygen atoms in total. The van der Waals surface area contributed by atoms with Gasteiger partial charge in [0.2, 0.25) is 0 Å². The molecule has 1 fully saturated rings. The van der Waals surface area contributed by atoms with Crippen LogP contribution in [0.15, 0.2) is 89.5 Å². The number of thiocarbonyl (C=S) groups is 1. The van der Waals surface area contributed by atoms with E-state index in [4.69, 9.17) is 21.4 Å². The maximum atomic E-state index is 11.8. The maximum absolute atomic E-state index is 11.8. The first kappa shape index (κ1) is 22.8. The molecule has 0 spiro atoms. The second kappa shape index (κ2) is 9.72. The standard InChI is InChI=1S/C28H25N3O3S/c1-3-18-7-13-21(14-8-18)31-26(25(30-28(31)35)22-6-4-5-17-29-22)24-16-15-23(34-24)19-9-11-20(12-10-19)27(32)33-2/h4-17,25-26H,3H2,1-2H3,(H,30,35). The van der Waals surface area contributed by atoms with E-state index in [-0.39, 0.29) is 18.1 Å². The van der Waals surface area contributed by atoms with E-state index in [9.17, 15) is 4.79 Å². The molecular weight excluding hydrogens is 458 g/mol. The van der Waals surface area contributed by atoms with Gasteiger partial charge in [-0.05, 0) is 72.7 Å². The topological polar surface area (TPSA) is 67.6 Å². The molecule has 1 saturated heterocycles. The minimum absolute atomic E-state index is 0.185. The third-order valence-electron chi connectivity index (χ3n) is 6.23. The number of furan rings is 1. The fraction of sp³-hybridized carbons (Fsp3) is 0.179. The van der Waals surface area contributed by atoms with Gasteiger partial charge in [0.05, 0.1) is 24.4 Å². The molecule has 2 aromatic heterocycles. The van der Waals surface area contributed by atoms with E-state index >= 15 is 0 Å². The van der Waals surface area contributed by atoms with E-state index in [0.29, 0.717) is 16.4 Å². The number of hydrogen-bond acceptors (Lipinski definition) is 5. The van der Waals surface area contributed by atoms with Gasteiger partial charge in [-0.2, -0.15) is 0 Å². The van der Waals surface area contributed by atoms with Crippen molar-refractivity contribution >= 4 is 29.0 Å². The molecule has 2 aromatic carbocycles. The Morgan fingerprint density at radius 1 is 1.06 bits per heavy atom. The molecule has 2 atom stereocenters. The predicted molar refractivity (Wildman–Crippen MR) is 139 cm³/mol. The molecule has 7 heteroatoms. The lowest BCUT2D eigenvalue weighted by atomic mass is 10.0. The summed E-state index contributed by atoms with van der Waals surface area (Å²) in [6.45, 7) is 2.14. The van der Waals surface area contributed by atoms with Crippen LogP contribution in [0.1, 0.15) is 46.4 Å². The average Bonchev–Trinajstić information content (AvgIpc) is 3.53. The van der Waals surface area contributed by atoms with Crippen molar-refractivity contribution in [3.8, 4) is 11.3 Å². The van der Waals surface area contributed by atoms with E-state index in [1.165, 1.54) is 12.7 Å². The van der Waals surface area contributed by atoms with Crippen LogP contribution >= 0.6 is 12.2 Å². The lowest BCUT2D eigenvalue weighted by molar-refractivity contribution is 0.0600. The molecule has 5 rings (SSSR count). The second-order valence-electron chi connectivity index (χ2n) is 8.29.